The third kappa shape index (κ3) is 2.04. The number of nitrogens with two attached hydrogens (primary N) is 1. The highest BCUT2D eigenvalue weighted by Gasteiger charge is 2.22. The molecule has 96 valence electrons. The molecule has 0 spiro atoms. The zero-order chi connectivity index (χ0) is 13.3. The molecule has 0 bridgehead atoms. The molecule has 2 aromatic rings. The van der Waals surface area contributed by atoms with Crippen LogP contribution in [0.1, 0.15) is 5.89 Å². The molecule has 6 nitrogen and oxygen atoms in total. The number of benzene rings is 1. The monoisotopic (exact) mass is 317 g/mol. The van der Waals surface area contributed by atoms with Crippen molar-refractivity contribution in [1.82, 2.24) is 10.1 Å². The van der Waals surface area contributed by atoms with Crippen LogP contribution in [0.15, 0.2) is 15.1 Å². The van der Waals surface area contributed by atoms with Crippen LogP contribution in [-0.4, -0.2) is 22.4 Å². The first-order valence-electron chi connectivity index (χ1n) is 4.86. The van der Waals surface area contributed by atoms with E-state index in [0.29, 0.717) is 0 Å². The summed E-state index contributed by atoms with van der Waals surface area (Å²) in [5, 5.41) is 13.6. The van der Waals surface area contributed by atoms with Gasteiger partial charge in [-0.3, -0.25) is 0 Å². The minimum absolute atomic E-state index is 0.0187. The molecular weight excluding hydrogens is 309 g/mol. The number of phenolic OH excluding ortho intramolecular Hbond substituents is 1. The molecule has 0 aliphatic rings. The number of aromatic nitrogens is 2. The minimum Gasteiger partial charge on any atom is -0.504 e. The van der Waals surface area contributed by atoms with Gasteiger partial charge in [0, 0.05) is 6.07 Å². The Morgan fingerprint density at radius 1 is 1.61 bits per heavy atom. The van der Waals surface area contributed by atoms with Crippen LogP contribution in [0, 0.1) is 5.82 Å². The van der Waals surface area contributed by atoms with Gasteiger partial charge in [-0.05, 0) is 15.9 Å². The summed E-state index contributed by atoms with van der Waals surface area (Å²) in [5.74, 6) is -0.712. The molecule has 1 aromatic heterocycles. The normalized spacial score (nSPS) is 10.7. The molecule has 0 aliphatic heterocycles. The van der Waals surface area contributed by atoms with Crippen LogP contribution in [0.5, 0.6) is 11.5 Å². The van der Waals surface area contributed by atoms with E-state index in [1.54, 1.807) is 0 Å². The maximum Gasteiger partial charge on any atom is 0.240 e. The molecule has 18 heavy (non-hydrogen) atoms. The van der Waals surface area contributed by atoms with Gasteiger partial charge in [0.15, 0.2) is 11.5 Å². The molecule has 8 heteroatoms. The summed E-state index contributed by atoms with van der Waals surface area (Å²) in [5.41, 5.74) is 5.39. The lowest BCUT2D eigenvalue weighted by Crippen LogP contribution is -1.96. The van der Waals surface area contributed by atoms with Crippen LogP contribution in [0.3, 0.4) is 0 Å². The average Bonchev–Trinajstić information content (AvgIpc) is 2.82. The molecule has 0 radical (unpaired) electrons. The lowest BCUT2D eigenvalue weighted by Gasteiger charge is -2.09. The van der Waals surface area contributed by atoms with Crippen LogP contribution in [0.4, 0.5) is 4.39 Å². The summed E-state index contributed by atoms with van der Waals surface area (Å²) in [6.45, 7) is 0.0534. The summed E-state index contributed by atoms with van der Waals surface area (Å²) in [7, 11) is 1.31. The molecule has 0 saturated heterocycles. The van der Waals surface area contributed by atoms with Crippen molar-refractivity contribution < 1.29 is 18.8 Å². The number of nitrogens with zero attached hydrogens (tertiary/aromatic N) is 2. The van der Waals surface area contributed by atoms with E-state index in [-0.39, 0.29) is 39.8 Å². The van der Waals surface area contributed by atoms with Crippen molar-refractivity contribution in [3.8, 4) is 22.9 Å². The maximum absolute atomic E-state index is 13.6. The van der Waals surface area contributed by atoms with Crippen molar-refractivity contribution in [1.29, 1.82) is 0 Å². The second-order valence-corrected chi connectivity index (χ2v) is 4.11. The Bertz CT molecular complexity index is 588. The number of hydrogen-bond acceptors (Lipinski definition) is 6. The second kappa shape index (κ2) is 4.91. The maximum atomic E-state index is 13.6. The predicted octanol–water partition coefficient (Wildman–Crippen LogP) is 1.81. The van der Waals surface area contributed by atoms with Crippen LogP contribution in [0.2, 0.25) is 0 Å². The zero-order valence-electron chi connectivity index (χ0n) is 9.28. The fourth-order valence-electron chi connectivity index (χ4n) is 1.39. The van der Waals surface area contributed by atoms with Crippen molar-refractivity contribution >= 4 is 15.9 Å². The first kappa shape index (κ1) is 12.8. The summed E-state index contributed by atoms with van der Waals surface area (Å²) in [6, 6.07) is 1.05. The largest absolute Gasteiger partial charge is 0.504 e. The number of phenols is 1. The number of methoxy groups -OCH3 is 1. The fraction of sp³-hybridized carbons (Fsp3) is 0.200. The first-order chi connectivity index (χ1) is 8.58. The predicted molar refractivity (Wildman–Crippen MR) is 63.5 cm³/mol. The van der Waals surface area contributed by atoms with Gasteiger partial charge in [0.1, 0.15) is 5.82 Å². The van der Waals surface area contributed by atoms with Crippen LogP contribution >= 0.6 is 15.9 Å². The average molecular weight is 318 g/mol. The van der Waals surface area contributed by atoms with Crippen molar-refractivity contribution in [3.63, 3.8) is 0 Å². The molecular formula is C10H9BrFN3O3. The van der Waals surface area contributed by atoms with Gasteiger partial charge in [-0.1, -0.05) is 5.16 Å². The van der Waals surface area contributed by atoms with E-state index in [9.17, 15) is 9.50 Å². The van der Waals surface area contributed by atoms with E-state index >= 15 is 0 Å². The molecule has 0 saturated carbocycles. The van der Waals surface area contributed by atoms with Crippen LogP contribution in [0.25, 0.3) is 11.4 Å². The van der Waals surface area contributed by atoms with Crippen LogP contribution < -0.4 is 10.5 Å². The van der Waals surface area contributed by atoms with E-state index in [0.717, 1.165) is 6.07 Å². The number of hydrogen-bond donors (Lipinski definition) is 2. The van der Waals surface area contributed by atoms with E-state index in [1.807, 2.05) is 0 Å². The Morgan fingerprint density at radius 3 is 2.89 bits per heavy atom. The first-order valence-corrected chi connectivity index (χ1v) is 5.65. The van der Waals surface area contributed by atoms with Gasteiger partial charge in [-0.25, -0.2) is 4.39 Å². The Labute approximate surface area is 110 Å². The highest BCUT2D eigenvalue weighted by Crippen LogP contribution is 2.42. The van der Waals surface area contributed by atoms with E-state index in [4.69, 9.17) is 15.0 Å². The smallest absolute Gasteiger partial charge is 0.240 e. The van der Waals surface area contributed by atoms with Crippen molar-refractivity contribution in [2.75, 3.05) is 7.11 Å². The fourth-order valence-corrected chi connectivity index (χ4v) is 1.87. The van der Waals surface area contributed by atoms with Gasteiger partial charge < -0.3 is 20.1 Å². The molecule has 0 aliphatic carbocycles. The summed E-state index contributed by atoms with van der Waals surface area (Å²) < 4.78 is 23.3. The van der Waals surface area contributed by atoms with Gasteiger partial charge in [0.25, 0.3) is 0 Å². The molecule has 2 rings (SSSR count). The number of halogens is 2. The van der Waals surface area contributed by atoms with Crippen molar-refractivity contribution in [2.24, 2.45) is 5.73 Å². The standard InChI is InChI=1S/C10H9BrFN3O3/c1-17-5-2-4(12)8(11)7(9(5)16)10-14-6(3-13)18-15-10/h2,16H,3,13H2,1H3. The van der Waals surface area contributed by atoms with Gasteiger partial charge >= 0.3 is 0 Å². The van der Waals surface area contributed by atoms with Crippen LogP contribution in [-0.2, 0) is 6.54 Å². The molecule has 1 aromatic carbocycles. The third-order valence-corrected chi connectivity index (χ3v) is 3.02. The van der Waals surface area contributed by atoms with E-state index in [2.05, 4.69) is 26.1 Å². The van der Waals surface area contributed by atoms with Gasteiger partial charge in [-0.15, -0.1) is 0 Å². The Kier molecular flexibility index (Phi) is 3.48. The van der Waals surface area contributed by atoms with E-state index < -0.39 is 5.82 Å². The Balaban J connectivity index is 2.65. The summed E-state index contributed by atoms with van der Waals surface area (Å²) in [6.07, 6.45) is 0. The quantitative estimate of drug-likeness (QED) is 0.896. The number of ether oxygens (including phenoxy) is 1. The zero-order valence-corrected chi connectivity index (χ0v) is 10.9. The van der Waals surface area contributed by atoms with E-state index in [1.165, 1.54) is 7.11 Å². The number of rotatable bonds is 3. The minimum atomic E-state index is -0.612. The Morgan fingerprint density at radius 2 is 2.33 bits per heavy atom. The van der Waals surface area contributed by atoms with Crippen molar-refractivity contribution in [2.45, 2.75) is 6.54 Å². The van der Waals surface area contributed by atoms with Gasteiger partial charge in [0.2, 0.25) is 11.7 Å². The summed E-state index contributed by atoms with van der Waals surface area (Å²) in [4.78, 5) is 3.92. The molecule has 0 fully saturated rings. The third-order valence-electron chi connectivity index (χ3n) is 2.24. The highest BCUT2D eigenvalue weighted by molar-refractivity contribution is 9.10. The SMILES string of the molecule is COc1cc(F)c(Br)c(-c2noc(CN)n2)c1O. The summed E-state index contributed by atoms with van der Waals surface area (Å²) >= 11 is 3.02. The molecule has 0 amide bonds. The molecule has 3 N–H and O–H groups in total. The lowest BCUT2D eigenvalue weighted by atomic mass is 10.1. The lowest BCUT2D eigenvalue weighted by molar-refractivity contribution is 0.369. The highest BCUT2D eigenvalue weighted by atomic mass is 79.9. The second-order valence-electron chi connectivity index (χ2n) is 3.31. The molecule has 1 heterocycles. The van der Waals surface area contributed by atoms with Gasteiger partial charge in [0.05, 0.1) is 23.7 Å². The molecule has 0 atom stereocenters. The number of aromatic hydroxyl groups is 1. The van der Waals surface area contributed by atoms with Gasteiger partial charge in [-0.2, -0.15) is 4.98 Å². The van der Waals surface area contributed by atoms with Crippen molar-refractivity contribution in [3.05, 3.63) is 22.2 Å². The topological polar surface area (TPSA) is 94.4 Å². The molecule has 0 unspecified atom stereocenters. The Hall–Kier alpha value is -1.67.